The van der Waals surface area contributed by atoms with Crippen LogP contribution in [0.2, 0.25) is 0 Å². The van der Waals surface area contributed by atoms with Gasteiger partial charge >= 0.3 is 0 Å². The Morgan fingerprint density at radius 3 is 2.29 bits per heavy atom. The van der Waals surface area contributed by atoms with E-state index in [1.165, 1.54) is 0 Å². The smallest absolute Gasteiger partial charge is 0.119 e. The summed E-state index contributed by atoms with van der Waals surface area (Å²) in [7, 11) is 0. The van der Waals surface area contributed by atoms with Crippen LogP contribution in [0.15, 0.2) is 24.3 Å². The van der Waals surface area contributed by atoms with Crippen molar-refractivity contribution in [1.29, 1.82) is 0 Å². The Labute approximate surface area is 104 Å². The van der Waals surface area contributed by atoms with Gasteiger partial charge < -0.3 is 10.1 Å². The number of nitrogens with one attached hydrogen (secondary N) is 1. The third-order valence-electron chi connectivity index (χ3n) is 2.06. The van der Waals surface area contributed by atoms with Crippen molar-refractivity contribution in [3.63, 3.8) is 0 Å². The van der Waals surface area contributed by atoms with Gasteiger partial charge in [0.2, 0.25) is 0 Å². The quantitative estimate of drug-likeness (QED) is 0.805. The summed E-state index contributed by atoms with van der Waals surface area (Å²) in [6.07, 6.45) is 0.210. The molecule has 0 fully saturated rings. The molecule has 0 atom stereocenters. The Kier molecular flexibility index (Phi) is 5.59. The zero-order valence-corrected chi connectivity index (χ0v) is 11.1. The highest BCUT2D eigenvalue weighted by molar-refractivity contribution is 5.38. The molecule has 0 aliphatic rings. The van der Waals surface area contributed by atoms with Crippen molar-refractivity contribution >= 4 is 0 Å². The molecule has 0 aromatic heterocycles. The van der Waals surface area contributed by atoms with Crippen LogP contribution < -0.4 is 10.1 Å². The summed E-state index contributed by atoms with van der Waals surface area (Å²) in [6, 6.07) is 8.37. The molecule has 0 unspecified atom stereocenters. The molecule has 0 aliphatic heterocycles. The molecule has 17 heavy (non-hydrogen) atoms. The minimum atomic E-state index is 0.210. The molecule has 0 spiro atoms. The molecule has 2 nitrogen and oxygen atoms in total. The summed E-state index contributed by atoms with van der Waals surface area (Å²) in [5.41, 5.74) is 1.02. The maximum atomic E-state index is 5.57. The van der Waals surface area contributed by atoms with Gasteiger partial charge in [-0.2, -0.15) is 0 Å². The van der Waals surface area contributed by atoms with E-state index >= 15 is 0 Å². The first-order valence-corrected chi connectivity index (χ1v) is 6.07. The van der Waals surface area contributed by atoms with E-state index in [9.17, 15) is 0 Å². The van der Waals surface area contributed by atoms with E-state index in [4.69, 9.17) is 4.74 Å². The van der Waals surface area contributed by atoms with Gasteiger partial charge in [-0.15, -0.1) is 0 Å². The van der Waals surface area contributed by atoms with Crippen LogP contribution in [-0.4, -0.2) is 18.7 Å². The molecule has 1 N–H and O–H groups in total. The average molecular weight is 231 g/mol. The maximum Gasteiger partial charge on any atom is 0.119 e. The minimum absolute atomic E-state index is 0.210. The first-order valence-electron chi connectivity index (χ1n) is 6.07. The fourth-order valence-corrected chi connectivity index (χ4v) is 1.29. The summed E-state index contributed by atoms with van der Waals surface area (Å²) in [5, 5.41) is 3.25. The van der Waals surface area contributed by atoms with E-state index in [1.807, 2.05) is 38.1 Å². The second-order valence-corrected chi connectivity index (χ2v) is 4.53. The van der Waals surface area contributed by atoms with Crippen LogP contribution in [-0.2, 0) is 0 Å². The van der Waals surface area contributed by atoms with E-state index < -0.39 is 0 Å². The fourth-order valence-electron chi connectivity index (χ4n) is 1.29. The SMILES string of the molecule is CC(C)NCC#Cc1ccc(OC(C)C)cc1. The highest BCUT2D eigenvalue weighted by Crippen LogP contribution is 2.12. The number of ether oxygens (including phenoxy) is 1. The van der Waals surface area contributed by atoms with E-state index in [2.05, 4.69) is 31.0 Å². The van der Waals surface area contributed by atoms with Crippen LogP contribution in [0.4, 0.5) is 0 Å². The summed E-state index contributed by atoms with van der Waals surface area (Å²) >= 11 is 0. The summed E-state index contributed by atoms with van der Waals surface area (Å²) < 4.78 is 5.57. The first-order chi connectivity index (χ1) is 8.08. The monoisotopic (exact) mass is 231 g/mol. The molecule has 0 saturated heterocycles. The molecular formula is C15H21NO. The van der Waals surface area contributed by atoms with Gasteiger partial charge in [0.25, 0.3) is 0 Å². The van der Waals surface area contributed by atoms with Gasteiger partial charge in [-0.05, 0) is 52.0 Å². The molecule has 1 rings (SSSR count). The van der Waals surface area contributed by atoms with Gasteiger partial charge in [0.15, 0.2) is 0 Å². The maximum absolute atomic E-state index is 5.57. The highest BCUT2D eigenvalue weighted by atomic mass is 16.5. The number of hydrogen-bond acceptors (Lipinski definition) is 2. The van der Waals surface area contributed by atoms with Crippen molar-refractivity contribution in [2.75, 3.05) is 6.54 Å². The lowest BCUT2D eigenvalue weighted by molar-refractivity contribution is 0.242. The Bertz CT molecular complexity index is 382. The molecular weight excluding hydrogens is 210 g/mol. The lowest BCUT2D eigenvalue weighted by Crippen LogP contribution is -2.22. The predicted molar refractivity (Wildman–Crippen MR) is 72.2 cm³/mol. The van der Waals surface area contributed by atoms with Crippen LogP contribution >= 0.6 is 0 Å². The number of rotatable bonds is 4. The Morgan fingerprint density at radius 2 is 1.76 bits per heavy atom. The second kappa shape index (κ2) is 6.98. The summed E-state index contributed by atoms with van der Waals surface area (Å²) in [6.45, 7) is 8.98. The molecule has 0 saturated carbocycles. The van der Waals surface area contributed by atoms with E-state index in [0.717, 1.165) is 17.9 Å². The largest absolute Gasteiger partial charge is 0.491 e. The molecule has 0 heterocycles. The zero-order chi connectivity index (χ0) is 12.7. The van der Waals surface area contributed by atoms with Gasteiger partial charge in [-0.25, -0.2) is 0 Å². The summed E-state index contributed by atoms with van der Waals surface area (Å²) in [5.74, 6) is 7.10. The standard InChI is InChI=1S/C15H21NO/c1-12(2)16-11-5-6-14-7-9-15(10-8-14)17-13(3)4/h7-10,12-13,16H,11H2,1-4H3. The number of benzene rings is 1. The van der Waals surface area contributed by atoms with Crippen molar-refractivity contribution in [1.82, 2.24) is 5.32 Å². The van der Waals surface area contributed by atoms with E-state index in [-0.39, 0.29) is 6.10 Å². The second-order valence-electron chi connectivity index (χ2n) is 4.53. The third kappa shape index (κ3) is 5.99. The molecule has 0 radical (unpaired) electrons. The Balaban J connectivity index is 2.50. The Hall–Kier alpha value is -1.46. The van der Waals surface area contributed by atoms with Gasteiger partial charge in [0.05, 0.1) is 12.6 Å². The molecule has 92 valence electrons. The molecule has 0 bridgehead atoms. The van der Waals surface area contributed by atoms with E-state index in [0.29, 0.717) is 6.04 Å². The van der Waals surface area contributed by atoms with Gasteiger partial charge in [-0.1, -0.05) is 11.8 Å². The number of hydrogen-bond donors (Lipinski definition) is 1. The highest BCUT2D eigenvalue weighted by Gasteiger charge is 1.96. The van der Waals surface area contributed by atoms with Gasteiger partial charge in [0, 0.05) is 11.6 Å². The normalized spacial score (nSPS) is 10.2. The van der Waals surface area contributed by atoms with Crippen LogP contribution in [0.25, 0.3) is 0 Å². The van der Waals surface area contributed by atoms with Crippen LogP contribution in [0.5, 0.6) is 5.75 Å². The first kappa shape index (κ1) is 13.6. The van der Waals surface area contributed by atoms with Crippen molar-refractivity contribution in [3.05, 3.63) is 29.8 Å². The van der Waals surface area contributed by atoms with Crippen molar-refractivity contribution < 1.29 is 4.74 Å². The minimum Gasteiger partial charge on any atom is -0.491 e. The predicted octanol–water partition coefficient (Wildman–Crippen LogP) is 2.82. The Morgan fingerprint density at radius 1 is 1.12 bits per heavy atom. The van der Waals surface area contributed by atoms with Crippen LogP contribution in [0, 0.1) is 11.8 Å². The van der Waals surface area contributed by atoms with Crippen LogP contribution in [0.1, 0.15) is 33.3 Å². The molecule has 0 aliphatic carbocycles. The molecule has 1 aromatic rings. The van der Waals surface area contributed by atoms with E-state index in [1.54, 1.807) is 0 Å². The lowest BCUT2D eigenvalue weighted by atomic mass is 10.2. The lowest BCUT2D eigenvalue weighted by Gasteiger charge is -2.08. The fraction of sp³-hybridized carbons (Fsp3) is 0.467. The molecule has 1 aromatic carbocycles. The van der Waals surface area contributed by atoms with Crippen molar-refractivity contribution in [2.45, 2.75) is 39.8 Å². The molecule has 0 amide bonds. The van der Waals surface area contributed by atoms with Gasteiger partial charge in [0.1, 0.15) is 5.75 Å². The molecule has 2 heteroatoms. The third-order valence-corrected chi connectivity index (χ3v) is 2.06. The van der Waals surface area contributed by atoms with Crippen LogP contribution in [0.3, 0.4) is 0 Å². The van der Waals surface area contributed by atoms with Gasteiger partial charge in [-0.3, -0.25) is 0 Å². The van der Waals surface area contributed by atoms with Crippen molar-refractivity contribution in [3.8, 4) is 17.6 Å². The summed E-state index contributed by atoms with van der Waals surface area (Å²) in [4.78, 5) is 0. The average Bonchev–Trinajstić information content (AvgIpc) is 2.25. The zero-order valence-electron chi connectivity index (χ0n) is 11.1. The van der Waals surface area contributed by atoms with Crippen molar-refractivity contribution in [2.24, 2.45) is 0 Å². The topological polar surface area (TPSA) is 21.3 Å².